The van der Waals surface area contributed by atoms with Gasteiger partial charge >= 0.3 is 0 Å². The average Bonchev–Trinajstić information content (AvgIpc) is 3.03. The average molecular weight is 326 g/mol. The Hall–Kier alpha value is -1.98. The maximum atomic E-state index is 13.1. The van der Waals surface area contributed by atoms with E-state index >= 15 is 0 Å². The van der Waals surface area contributed by atoms with E-state index in [0.717, 1.165) is 35.9 Å². The van der Waals surface area contributed by atoms with Crippen molar-refractivity contribution in [3.63, 3.8) is 0 Å². The summed E-state index contributed by atoms with van der Waals surface area (Å²) in [6, 6.07) is 9.79. The van der Waals surface area contributed by atoms with E-state index in [-0.39, 0.29) is 18.1 Å². The molecule has 0 radical (unpaired) electrons. The molecule has 1 saturated heterocycles. The number of pyridine rings is 1. The van der Waals surface area contributed by atoms with Crippen LogP contribution in [0.25, 0.3) is 10.9 Å². The standard InChI is InChI=1S/C19H22N2O3/c1-23-12-13-9-17-18(10-13)24-8-7-21(17)19(22)15-4-5-16-14(11-15)3-2-6-20-16/h2-6,11,13,17-18H,7-10,12H2,1H3. The van der Waals surface area contributed by atoms with Crippen molar-refractivity contribution in [2.75, 3.05) is 26.9 Å². The number of nitrogens with zero attached hydrogens (tertiary/aromatic N) is 2. The van der Waals surface area contributed by atoms with Crippen LogP contribution in [0.5, 0.6) is 0 Å². The van der Waals surface area contributed by atoms with Gasteiger partial charge in [0.25, 0.3) is 5.91 Å². The number of carbonyl (C=O) groups is 1. The summed E-state index contributed by atoms with van der Waals surface area (Å²) in [4.78, 5) is 19.4. The van der Waals surface area contributed by atoms with Crippen LogP contribution in [0.4, 0.5) is 0 Å². The van der Waals surface area contributed by atoms with Crippen LogP contribution in [0.15, 0.2) is 36.5 Å². The van der Waals surface area contributed by atoms with Crippen LogP contribution in [0.1, 0.15) is 23.2 Å². The summed E-state index contributed by atoms with van der Waals surface area (Å²) in [5.74, 6) is 0.566. The zero-order valence-electron chi connectivity index (χ0n) is 13.9. The number of fused-ring (bicyclic) bond motifs is 2. The highest BCUT2D eigenvalue weighted by Crippen LogP contribution is 2.35. The fourth-order valence-corrected chi connectivity index (χ4v) is 4.05. The highest BCUT2D eigenvalue weighted by atomic mass is 16.5. The molecule has 5 nitrogen and oxygen atoms in total. The second kappa shape index (κ2) is 6.49. The number of rotatable bonds is 3. The van der Waals surface area contributed by atoms with Crippen molar-refractivity contribution in [3.05, 3.63) is 42.1 Å². The summed E-state index contributed by atoms with van der Waals surface area (Å²) < 4.78 is 11.2. The summed E-state index contributed by atoms with van der Waals surface area (Å²) >= 11 is 0. The molecule has 1 aliphatic heterocycles. The van der Waals surface area contributed by atoms with Crippen LogP contribution in [-0.2, 0) is 9.47 Å². The summed E-state index contributed by atoms with van der Waals surface area (Å²) in [5.41, 5.74) is 1.64. The van der Waals surface area contributed by atoms with E-state index in [2.05, 4.69) is 4.98 Å². The first-order chi connectivity index (χ1) is 11.8. The second-order valence-corrected chi connectivity index (χ2v) is 6.68. The van der Waals surface area contributed by atoms with E-state index in [4.69, 9.17) is 9.47 Å². The Labute approximate surface area is 141 Å². The van der Waals surface area contributed by atoms with Crippen molar-refractivity contribution < 1.29 is 14.3 Å². The predicted molar refractivity (Wildman–Crippen MR) is 90.9 cm³/mol. The lowest BCUT2D eigenvalue weighted by molar-refractivity contribution is -0.0449. The molecule has 1 saturated carbocycles. The van der Waals surface area contributed by atoms with Gasteiger partial charge in [-0.1, -0.05) is 6.07 Å². The molecule has 0 bridgehead atoms. The minimum Gasteiger partial charge on any atom is -0.384 e. The van der Waals surface area contributed by atoms with Gasteiger partial charge < -0.3 is 14.4 Å². The van der Waals surface area contributed by atoms with Gasteiger partial charge in [-0.15, -0.1) is 0 Å². The normalized spacial score (nSPS) is 26.5. The maximum Gasteiger partial charge on any atom is 0.254 e. The Morgan fingerprint density at radius 2 is 2.29 bits per heavy atom. The van der Waals surface area contributed by atoms with Crippen molar-refractivity contribution >= 4 is 16.8 Å². The lowest BCUT2D eigenvalue weighted by Crippen LogP contribution is -2.51. The van der Waals surface area contributed by atoms with E-state index in [9.17, 15) is 4.79 Å². The molecule has 2 aromatic rings. The van der Waals surface area contributed by atoms with Gasteiger partial charge in [0.15, 0.2) is 0 Å². The molecular formula is C19H22N2O3. The number of morpholine rings is 1. The molecule has 0 spiro atoms. The second-order valence-electron chi connectivity index (χ2n) is 6.68. The number of ether oxygens (including phenoxy) is 2. The fourth-order valence-electron chi connectivity index (χ4n) is 4.05. The highest BCUT2D eigenvalue weighted by molar-refractivity contribution is 5.98. The Balaban J connectivity index is 1.58. The number of carbonyl (C=O) groups excluding carboxylic acids is 1. The van der Waals surface area contributed by atoms with E-state index in [1.165, 1.54) is 0 Å². The zero-order chi connectivity index (χ0) is 16.5. The van der Waals surface area contributed by atoms with Crippen molar-refractivity contribution in [2.45, 2.75) is 25.0 Å². The SMILES string of the molecule is COCC1CC2OCCN(C(=O)c3ccc4ncccc4c3)C2C1. The minimum atomic E-state index is 0.0946. The lowest BCUT2D eigenvalue weighted by Gasteiger charge is -2.37. The molecule has 2 heterocycles. The summed E-state index contributed by atoms with van der Waals surface area (Å²) in [7, 11) is 1.73. The molecule has 0 N–H and O–H groups in total. The summed E-state index contributed by atoms with van der Waals surface area (Å²) in [6.07, 6.45) is 3.85. The summed E-state index contributed by atoms with van der Waals surface area (Å²) in [5, 5.41) is 0.997. The molecular weight excluding hydrogens is 304 g/mol. The van der Waals surface area contributed by atoms with Crippen LogP contribution >= 0.6 is 0 Å². The first-order valence-electron chi connectivity index (χ1n) is 8.52. The number of hydrogen-bond acceptors (Lipinski definition) is 4. The third-order valence-electron chi connectivity index (χ3n) is 5.15. The zero-order valence-corrected chi connectivity index (χ0v) is 13.9. The van der Waals surface area contributed by atoms with Crippen LogP contribution in [0, 0.1) is 5.92 Å². The number of hydrogen-bond donors (Lipinski definition) is 0. The Bertz CT molecular complexity index is 748. The molecule has 1 aromatic carbocycles. The minimum absolute atomic E-state index is 0.0946. The van der Waals surface area contributed by atoms with Gasteiger partial charge in [-0.2, -0.15) is 0 Å². The summed E-state index contributed by atoms with van der Waals surface area (Å²) in [6.45, 7) is 2.01. The highest BCUT2D eigenvalue weighted by Gasteiger charge is 2.42. The molecule has 4 rings (SSSR count). The predicted octanol–water partition coefficient (Wildman–Crippen LogP) is 2.50. The van der Waals surface area contributed by atoms with E-state index in [0.29, 0.717) is 19.1 Å². The van der Waals surface area contributed by atoms with Gasteiger partial charge in [0.2, 0.25) is 0 Å². The van der Waals surface area contributed by atoms with Crippen molar-refractivity contribution in [3.8, 4) is 0 Å². The molecule has 5 heteroatoms. The van der Waals surface area contributed by atoms with Gasteiger partial charge in [0.05, 0.1) is 24.3 Å². The third kappa shape index (κ3) is 2.78. The molecule has 2 aliphatic rings. The Kier molecular flexibility index (Phi) is 4.21. The van der Waals surface area contributed by atoms with E-state index in [1.54, 1.807) is 13.3 Å². The van der Waals surface area contributed by atoms with Crippen LogP contribution < -0.4 is 0 Å². The van der Waals surface area contributed by atoms with E-state index < -0.39 is 0 Å². The third-order valence-corrected chi connectivity index (χ3v) is 5.15. The van der Waals surface area contributed by atoms with Crippen molar-refractivity contribution in [1.29, 1.82) is 0 Å². The van der Waals surface area contributed by atoms with Crippen LogP contribution in [-0.4, -0.2) is 54.8 Å². The van der Waals surface area contributed by atoms with E-state index in [1.807, 2.05) is 35.2 Å². The molecule has 24 heavy (non-hydrogen) atoms. The van der Waals surface area contributed by atoms with Crippen LogP contribution in [0.3, 0.4) is 0 Å². The Morgan fingerprint density at radius 3 is 3.17 bits per heavy atom. The van der Waals surface area contributed by atoms with Gasteiger partial charge in [0, 0.05) is 37.4 Å². The van der Waals surface area contributed by atoms with Crippen molar-refractivity contribution in [2.24, 2.45) is 5.92 Å². The van der Waals surface area contributed by atoms with Crippen LogP contribution in [0.2, 0.25) is 0 Å². The monoisotopic (exact) mass is 326 g/mol. The number of benzene rings is 1. The number of methoxy groups -OCH3 is 1. The number of aromatic nitrogens is 1. The fraction of sp³-hybridized carbons (Fsp3) is 0.474. The quantitative estimate of drug-likeness (QED) is 0.870. The topological polar surface area (TPSA) is 51.7 Å². The van der Waals surface area contributed by atoms with Crippen molar-refractivity contribution in [1.82, 2.24) is 9.88 Å². The molecule has 1 aromatic heterocycles. The number of amides is 1. The largest absolute Gasteiger partial charge is 0.384 e. The molecule has 3 atom stereocenters. The maximum absolute atomic E-state index is 13.1. The molecule has 1 amide bonds. The first-order valence-corrected chi connectivity index (χ1v) is 8.52. The van der Waals surface area contributed by atoms with Gasteiger partial charge in [-0.3, -0.25) is 9.78 Å². The smallest absolute Gasteiger partial charge is 0.254 e. The van der Waals surface area contributed by atoms with Gasteiger partial charge in [0.1, 0.15) is 0 Å². The first kappa shape index (κ1) is 15.5. The molecule has 3 unspecified atom stereocenters. The van der Waals surface area contributed by atoms with Gasteiger partial charge in [-0.05, 0) is 43.0 Å². The molecule has 1 aliphatic carbocycles. The van der Waals surface area contributed by atoms with Gasteiger partial charge in [-0.25, -0.2) is 0 Å². The molecule has 2 fully saturated rings. The Morgan fingerprint density at radius 1 is 1.38 bits per heavy atom. The molecule has 126 valence electrons. The lowest BCUT2D eigenvalue weighted by atomic mass is 10.1.